The predicted octanol–water partition coefficient (Wildman–Crippen LogP) is 4.58. The molecule has 5 rings (SSSR count). The van der Waals surface area contributed by atoms with Crippen LogP contribution in [0.25, 0.3) is 11.0 Å². The third-order valence-corrected chi connectivity index (χ3v) is 7.02. The Bertz CT molecular complexity index is 1530. The zero-order chi connectivity index (χ0) is 28.1. The number of hydrogen-bond acceptors (Lipinski definition) is 6. The number of ether oxygens (including phenoxy) is 1. The lowest BCUT2D eigenvalue weighted by molar-refractivity contribution is -0.127. The fourth-order valence-electron chi connectivity index (χ4n) is 5.12. The van der Waals surface area contributed by atoms with Gasteiger partial charge in [-0.3, -0.25) is 14.5 Å². The number of rotatable bonds is 9. The molecule has 206 valence electrons. The Morgan fingerprint density at radius 2 is 1.80 bits per heavy atom. The SMILES string of the molecule is CCOC(=O)c1cccc(N(C(=O)Cn2nnc3ccccc32)[C@H](C(=O)NC2CCCC2)c2ccccc2F)c1. The van der Waals surface area contributed by atoms with Gasteiger partial charge >= 0.3 is 5.97 Å². The van der Waals surface area contributed by atoms with E-state index in [4.69, 9.17) is 4.74 Å². The third kappa shape index (κ3) is 5.70. The van der Waals surface area contributed by atoms with Crippen molar-refractivity contribution in [3.05, 3.63) is 89.7 Å². The summed E-state index contributed by atoms with van der Waals surface area (Å²) >= 11 is 0. The maximum atomic E-state index is 15.3. The summed E-state index contributed by atoms with van der Waals surface area (Å²) in [5, 5.41) is 11.3. The van der Waals surface area contributed by atoms with E-state index in [0.717, 1.165) is 25.7 Å². The van der Waals surface area contributed by atoms with Gasteiger partial charge in [-0.05, 0) is 56.2 Å². The van der Waals surface area contributed by atoms with Crippen LogP contribution in [0.2, 0.25) is 0 Å². The fourth-order valence-corrected chi connectivity index (χ4v) is 5.12. The predicted molar refractivity (Wildman–Crippen MR) is 147 cm³/mol. The molecule has 2 amide bonds. The second-order valence-electron chi connectivity index (χ2n) is 9.68. The van der Waals surface area contributed by atoms with Crippen LogP contribution in [0, 0.1) is 5.82 Å². The third-order valence-electron chi connectivity index (χ3n) is 7.02. The molecule has 1 saturated carbocycles. The second-order valence-corrected chi connectivity index (χ2v) is 9.68. The number of hydrogen-bond donors (Lipinski definition) is 1. The first kappa shape index (κ1) is 27.0. The van der Waals surface area contributed by atoms with Crippen LogP contribution in [0.3, 0.4) is 0 Å². The number of carbonyl (C=O) groups is 3. The summed E-state index contributed by atoms with van der Waals surface area (Å²) in [5.41, 5.74) is 1.72. The molecule has 1 aliphatic carbocycles. The number of nitrogens with zero attached hydrogens (tertiary/aromatic N) is 4. The summed E-state index contributed by atoms with van der Waals surface area (Å²) in [6.07, 6.45) is 3.60. The van der Waals surface area contributed by atoms with E-state index in [9.17, 15) is 14.4 Å². The van der Waals surface area contributed by atoms with Crippen LogP contribution in [-0.2, 0) is 20.9 Å². The van der Waals surface area contributed by atoms with Gasteiger partial charge in [0.2, 0.25) is 11.8 Å². The Morgan fingerprint density at radius 3 is 2.58 bits per heavy atom. The average Bonchev–Trinajstić information content (AvgIpc) is 3.62. The summed E-state index contributed by atoms with van der Waals surface area (Å²) < 4.78 is 21.9. The van der Waals surface area contributed by atoms with Gasteiger partial charge in [0.05, 0.1) is 17.7 Å². The van der Waals surface area contributed by atoms with Gasteiger partial charge in [0.1, 0.15) is 23.9 Å². The summed E-state index contributed by atoms with van der Waals surface area (Å²) in [6, 6.07) is 17.9. The highest BCUT2D eigenvalue weighted by Gasteiger charge is 2.36. The van der Waals surface area contributed by atoms with Crippen LogP contribution >= 0.6 is 0 Å². The van der Waals surface area contributed by atoms with E-state index in [-0.39, 0.29) is 36.0 Å². The first-order valence-corrected chi connectivity index (χ1v) is 13.4. The standard InChI is InChI=1S/C30H30FN5O4/c1-2-40-30(39)20-10-9-13-22(18-20)36(27(37)19-35-26-17-8-7-16-25(26)33-34-35)28(23-14-5-6-15-24(23)31)29(38)32-21-11-3-4-12-21/h5-10,13-18,21,28H,2-4,11-12,19H2,1H3,(H,32,38)/t28-/m0/s1. The topological polar surface area (TPSA) is 106 Å². The van der Waals surface area contributed by atoms with Gasteiger partial charge < -0.3 is 10.1 Å². The highest BCUT2D eigenvalue weighted by molar-refractivity contribution is 6.02. The smallest absolute Gasteiger partial charge is 0.338 e. The van der Waals surface area contributed by atoms with E-state index < -0.39 is 29.6 Å². The Morgan fingerprint density at radius 1 is 1.05 bits per heavy atom. The van der Waals surface area contributed by atoms with Crippen molar-refractivity contribution in [3.63, 3.8) is 0 Å². The minimum atomic E-state index is -1.35. The Hall–Kier alpha value is -4.60. The van der Waals surface area contributed by atoms with Crippen LogP contribution in [0.15, 0.2) is 72.8 Å². The Balaban J connectivity index is 1.61. The molecule has 0 bridgehead atoms. The van der Waals surface area contributed by atoms with E-state index >= 15 is 4.39 Å². The molecule has 0 aliphatic heterocycles. The first-order chi connectivity index (χ1) is 19.5. The molecule has 4 aromatic rings. The number of halogens is 1. The van der Waals surface area contributed by atoms with E-state index in [0.29, 0.717) is 11.0 Å². The minimum absolute atomic E-state index is 0.0383. The fraction of sp³-hybridized carbons (Fsp3) is 0.300. The van der Waals surface area contributed by atoms with Gasteiger partial charge in [-0.15, -0.1) is 5.10 Å². The second kappa shape index (κ2) is 12.1. The van der Waals surface area contributed by atoms with E-state index in [1.807, 2.05) is 12.1 Å². The van der Waals surface area contributed by atoms with E-state index in [1.54, 1.807) is 43.3 Å². The number of para-hydroxylation sites is 1. The van der Waals surface area contributed by atoms with Crippen LogP contribution in [0.1, 0.15) is 54.6 Å². The molecule has 3 aromatic carbocycles. The monoisotopic (exact) mass is 543 g/mol. The molecule has 0 radical (unpaired) electrons. The number of nitrogens with one attached hydrogen (secondary N) is 1. The zero-order valence-corrected chi connectivity index (χ0v) is 22.1. The molecule has 0 unspecified atom stereocenters. The summed E-state index contributed by atoms with van der Waals surface area (Å²) in [5.74, 6) is -2.24. The van der Waals surface area contributed by atoms with Crippen molar-refractivity contribution in [2.45, 2.75) is 51.2 Å². The van der Waals surface area contributed by atoms with Gasteiger partial charge in [-0.1, -0.05) is 54.5 Å². The number of carbonyl (C=O) groups excluding carboxylic acids is 3. The number of anilines is 1. The van der Waals surface area contributed by atoms with Crippen molar-refractivity contribution >= 4 is 34.5 Å². The minimum Gasteiger partial charge on any atom is -0.462 e. The van der Waals surface area contributed by atoms with E-state index in [1.165, 1.54) is 33.8 Å². The van der Waals surface area contributed by atoms with Gasteiger partial charge in [0.15, 0.2) is 0 Å². The van der Waals surface area contributed by atoms with Crippen LogP contribution in [0.4, 0.5) is 10.1 Å². The van der Waals surface area contributed by atoms with Crippen molar-refractivity contribution in [2.75, 3.05) is 11.5 Å². The molecule has 1 fully saturated rings. The molecular weight excluding hydrogens is 513 g/mol. The van der Waals surface area contributed by atoms with Gasteiger partial charge in [0.25, 0.3) is 0 Å². The summed E-state index contributed by atoms with van der Waals surface area (Å²) in [6.45, 7) is 1.60. The lowest BCUT2D eigenvalue weighted by atomic mass is 10.0. The molecule has 1 heterocycles. The molecule has 0 spiro atoms. The normalized spacial score (nSPS) is 14.2. The first-order valence-electron chi connectivity index (χ1n) is 13.4. The number of fused-ring (bicyclic) bond motifs is 1. The maximum absolute atomic E-state index is 15.3. The largest absolute Gasteiger partial charge is 0.462 e. The number of benzene rings is 3. The molecule has 10 heteroatoms. The average molecular weight is 544 g/mol. The van der Waals surface area contributed by atoms with E-state index in [2.05, 4.69) is 15.6 Å². The van der Waals surface area contributed by atoms with Crippen LogP contribution in [0.5, 0.6) is 0 Å². The number of aromatic nitrogens is 3. The van der Waals surface area contributed by atoms with Crippen molar-refractivity contribution in [3.8, 4) is 0 Å². The molecule has 1 aromatic heterocycles. The molecule has 1 aliphatic rings. The quantitative estimate of drug-likeness (QED) is 0.310. The highest BCUT2D eigenvalue weighted by atomic mass is 19.1. The number of esters is 1. The lowest BCUT2D eigenvalue weighted by Crippen LogP contribution is -2.47. The van der Waals surface area contributed by atoms with Crippen LogP contribution in [-0.4, -0.2) is 45.4 Å². The maximum Gasteiger partial charge on any atom is 0.338 e. The number of amides is 2. The summed E-state index contributed by atoms with van der Waals surface area (Å²) in [4.78, 5) is 41.9. The zero-order valence-electron chi connectivity index (χ0n) is 22.1. The molecule has 0 saturated heterocycles. The molecular formula is C30H30FN5O4. The molecule has 40 heavy (non-hydrogen) atoms. The Labute approximate surface area is 230 Å². The van der Waals surface area contributed by atoms with Gasteiger partial charge in [-0.2, -0.15) is 0 Å². The van der Waals surface area contributed by atoms with Crippen molar-refractivity contribution in [1.29, 1.82) is 0 Å². The Kier molecular flexibility index (Phi) is 8.14. The van der Waals surface area contributed by atoms with Crippen LogP contribution < -0.4 is 10.2 Å². The lowest BCUT2D eigenvalue weighted by Gasteiger charge is -2.32. The highest BCUT2D eigenvalue weighted by Crippen LogP contribution is 2.32. The molecule has 9 nitrogen and oxygen atoms in total. The molecule has 1 N–H and O–H groups in total. The van der Waals surface area contributed by atoms with Gasteiger partial charge in [0, 0.05) is 17.3 Å². The van der Waals surface area contributed by atoms with Gasteiger partial charge in [-0.25, -0.2) is 13.9 Å². The van der Waals surface area contributed by atoms with Crippen molar-refractivity contribution in [1.82, 2.24) is 20.3 Å². The summed E-state index contributed by atoms with van der Waals surface area (Å²) in [7, 11) is 0. The van der Waals surface area contributed by atoms with Crippen molar-refractivity contribution in [2.24, 2.45) is 0 Å². The molecule has 1 atom stereocenters. The van der Waals surface area contributed by atoms with Crippen molar-refractivity contribution < 1.29 is 23.5 Å².